The molecule has 30 heavy (non-hydrogen) atoms. The highest BCUT2D eigenvalue weighted by atomic mass is 35.5. The zero-order valence-corrected chi connectivity index (χ0v) is 17.4. The predicted molar refractivity (Wildman–Crippen MR) is 114 cm³/mol. The molecule has 4 rings (SSSR count). The summed E-state index contributed by atoms with van der Waals surface area (Å²) in [6, 6.07) is 14.5. The van der Waals surface area contributed by atoms with Crippen LogP contribution in [-0.4, -0.2) is 25.8 Å². The summed E-state index contributed by atoms with van der Waals surface area (Å²) in [6.07, 6.45) is 0. The van der Waals surface area contributed by atoms with Crippen molar-refractivity contribution in [2.45, 2.75) is 6.54 Å². The third-order valence-corrected chi connectivity index (χ3v) is 5.22. The zero-order chi connectivity index (χ0) is 21.4. The summed E-state index contributed by atoms with van der Waals surface area (Å²) in [5, 5.41) is 0.549. The number of fused-ring (bicyclic) bond motifs is 1. The quantitative estimate of drug-likeness (QED) is 0.490. The first-order valence-corrected chi connectivity index (χ1v) is 9.50. The van der Waals surface area contributed by atoms with Crippen LogP contribution < -0.4 is 20.7 Å². The highest BCUT2D eigenvalue weighted by molar-refractivity contribution is 6.31. The van der Waals surface area contributed by atoms with Crippen LogP contribution in [0.4, 0.5) is 0 Å². The van der Waals surface area contributed by atoms with Gasteiger partial charge in [0.05, 0.1) is 13.7 Å². The van der Waals surface area contributed by atoms with Crippen LogP contribution in [0.5, 0.6) is 17.5 Å². The molecular weight excluding hydrogens is 408 g/mol. The SMILES string of the molecule is COc1cccc(Oc2nc3c(c(=O)n(C)c(=O)n3C)n2Cc2ccccc2Cl)c1. The predicted octanol–water partition coefficient (Wildman–Crippen LogP) is 2.94. The second kappa shape index (κ2) is 7.72. The van der Waals surface area contributed by atoms with Crippen molar-refractivity contribution in [3.63, 3.8) is 0 Å². The van der Waals surface area contributed by atoms with Gasteiger partial charge in [0.2, 0.25) is 0 Å². The lowest BCUT2D eigenvalue weighted by atomic mass is 10.2. The summed E-state index contributed by atoms with van der Waals surface area (Å²) >= 11 is 6.34. The van der Waals surface area contributed by atoms with Crippen molar-refractivity contribution in [3.05, 3.63) is 80.0 Å². The minimum absolute atomic E-state index is 0.163. The fraction of sp³-hybridized carbons (Fsp3) is 0.190. The highest BCUT2D eigenvalue weighted by Crippen LogP contribution is 2.28. The topological polar surface area (TPSA) is 80.3 Å². The molecule has 0 amide bonds. The van der Waals surface area contributed by atoms with Gasteiger partial charge in [-0.25, -0.2) is 4.79 Å². The maximum absolute atomic E-state index is 12.9. The van der Waals surface area contributed by atoms with Crippen molar-refractivity contribution < 1.29 is 9.47 Å². The zero-order valence-electron chi connectivity index (χ0n) is 16.6. The lowest BCUT2D eigenvalue weighted by molar-refractivity contribution is 0.398. The Morgan fingerprint density at radius 3 is 2.47 bits per heavy atom. The Hall–Kier alpha value is -3.52. The first-order chi connectivity index (χ1) is 14.4. The molecule has 0 N–H and O–H groups in total. The Labute approximate surface area is 176 Å². The molecule has 0 fully saturated rings. The molecule has 9 heteroatoms. The van der Waals surface area contributed by atoms with Crippen LogP contribution in [0.15, 0.2) is 58.1 Å². The molecule has 0 bridgehead atoms. The Morgan fingerprint density at radius 2 is 1.73 bits per heavy atom. The van der Waals surface area contributed by atoms with Crippen LogP contribution in [0.1, 0.15) is 5.56 Å². The van der Waals surface area contributed by atoms with E-state index in [1.165, 1.54) is 11.6 Å². The van der Waals surface area contributed by atoms with Crippen LogP contribution in [0.25, 0.3) is 11.2 Å². The van der Waals surface area contributed by atoms with Gasteiger partial charge in [-0.15, -0.1) is 0 Å². The molecule has 0 spiro atoms. The van der Waals surface area contributed by atoms with Gasteiger partial charge in [-0.05, 0) is 23.8 Å². The van der Waals surface area contributed by atoms with Crippen LogP contribution in [0.3, 0.4) is 0 Å². The molecular formula is C21H19ClN4O4. The third-order valence-electron chi connectivity index (χ3n) is 4.85. The van der Waals surface area contributed by atoms with Crippen molar-refractivity contribution in [1.82, 2.24) is 18.7 Å². The number of benzene rings is 2. The van der Waals surface area contributed by atoms with Gasteiger partial charge in [-0.2, -0.15) is 4.98 Å². The lowest BCUT2D eigenvalue weighted by Crippen LogP contribution is -2.37. The Kier molecular flexibility index (Phi) is 5.09. The fourth-order valence-electron chi connectivity index (χ4n) is 3.22. The van der Waals surface area contributed by atoms with Gasteiger partial charge in [0.15, 0.2) is 11.2 Å². The van der Waals surface area contributed by atoms with E-state index in [1.54, 1.807) is 49.1 Å². The Bertz CT molecular complexity index is 1370. The monoisotopic (exact) mass is 426 g/mol. The van der Waals surface area contributed by atoms with Crippen molar-refractivity contribution in [3.8, 4) is 17.5 Å². The van der Waals surface area contributed by atoms with Gasteiger partial charge in [-0.3, -0.25) is 18.5 Å². The number of hydrogen-bond acceptors (Lipinski definition) is 5. The highest BCUT2D eigenvalue weighted by Gasteiger charge is 2.21. The van der Waals surface area contributed by atoms with Crippen molar-refractivity contribution >= 4 is 22.8 Å². The molecule has 8 nitrogen and oxygen atoms in total. The molecule has 0 unspecified atom stereocenters. The maximum Gasteiger partial charge on any atom is 0.332 e. The minimum atomic E-state index is -0.470. The van der Waals surface area contributed by atoms with Gasteiger partial charge in [0, 0.05) is 25.2 Å². The van der Waals surface area contributed by atoms with E-state index in [2.05, 4.69) is 4.98 Å². The van der Waals surface area contributed by atoms with E-state index in [1.807, 2.05) is 18.2 Å². The van der Waals surface area contributed by atoms with Gasteiger partial charge >= 0.3 is 11.7 Å². The first-order valence-electron chi connectivity index (χ1n) is 9.12. The van der Waals surface area contributed by atoms with Gasteiger partial charge in [0.25, 0.3) is 5.56 Å². The maximum atomic E-state index is 12.9. The Morgan fingerprint density at radius 1 is 1.00 bits per heavy atom. The standard InChI is InChI=1S/C21H19ClN4O4/c1-24-18-17(19(27)25(2)21(24)28)26(12-13-7-4-5-10-16(13)22)20(23-18)30-15-9-6-8-14(11-15)29-3/h4-11H,12H2,1-3H3. The van der Waals surface area contributed by atoms with Crippen LogP contribution in [0, 0.1) is 0 Å². The van der Waals surface area contributed by atoms with E-state index < -0.39 is 11.2 Å². The number of ether oxygens (including phenoxy) is 2. The number of hydrogen-bond donors (Lipinski definition) is 0. The lowest BCUT2D eigenvalue weighted by Gasteiger charge is -2.11. The van der Waals surface area contributed by atoms with E-state index in [-0.39, 0.29) is 23.7 Å². The molecule has 0 atom stereocenters. The summed E-state index contributed by atoms with van der Waals surface area (Å²) in [4.78, 5) is 29.8. The summed E-state index contributed by atoms with van der Waals surface area (Å²) < 4.78 is 15.2. The Balaban J connectivity index is 1.95. The number of aromatic nitrogens is 4. The van der Waals surface area contributed by atoms with Crippen LogP contribution in [-0.2, 0) is 20.6 Å². The average molecular weight is 427 g/mol. The molecule has 2 aromatic carbocycles. The second-order valence-electron chi connectivity index (χ2n) is 6.73. The van der Waals surface area contributed by atoms with Crippen molar-refractivity contribution in [2.75, 3.05) is 7.11 Å². The molecule has 2 heterocycles. The number of nitrogens with zero attached hydrogens (tertiary/aromatic N) is 4. The molecule has 4 aromatic rings. The van der Waals surface area contributed by atoms with Crippen LogP contribution in [0.2, 0.25) is 5.02 Å². The number of methoxy groups -OCH3 is 1. The van der Waals surface area contributed by atoms with E-state index in [4.69, 9.17) is 21.1 Å². The summed E-state index contributed by atoms with van der Waals surface area (Å²) in [5.74, 6) is 1.09. The van der Waals surface area contributed by atoms with Gasteiger partial charge in [0.1, 0.15) is 11.5 Å². The van der Waals surface area contributed by atoms with E-state index >= 15 is 0 Å². The van der Waals surface area contributed by atoms with Crippen molar-refractivity contribution in [2.24, 2.45) is 14.1 Å². The summed E-state index contributed by atoms with van der Waals surface area (Å²) in [7, 11) is 4.55. The number of imidazole rings is 1. The van der Waals surface area contributed by atoms with Crippen LogP contribution >= 0.6 is 11.6 Å². The normalized spacial score (nSPS) is 11.1. The number of halogens is 1. The molecule has 0 aliphatic carbocycles. The van der Waals surface area contributed by atoms with Gasteiger partial charge < -0.3 is 9.47 Å². The summed E-state index contributed by atoms with van der Waals surface area (Å²) in [5.41, 5.74) is 0.325. The molecule has 154 valence electrons. The van der Waals surface area contributed by atoms with E-state index in [0.29, 0.717) is 16.5 Å². The molecule has 0 radical (unpaired) electrons. The molecule has 0 aliphatic rings. The fourth-order valence-corrected chi connectivity index (χ4v) is 3.41. The smallest absolute Gasteiger partial charge is 0.332 e. The molecule has 0 saturated carbocycles. The largest absolute Gasteiger partial charge is 0.497 e. The van der Waals surface area contributed by atoms with E-state index in [0.717, 1.165) is 10.1 Å². The summed E-state index contributed by atoms with van der Waals surface area (Å²) in [6.45, 7) is 0.239. The van der Waals surface area contributed by atoms with E-state index in [9.17, 15) is 9.59 Å². The van der Waals surface area contributed by atoms with Crippen molar-refractivity contribution in [1.29, 1.82) is 0 Å². The van der Waals surface area contributed by atoms with Gasteiger partial charge in [-0.1, -0.05) is 35.9 Å². The first kappa shape index (κ1) is 19.8. The average Bonchev–Trinajstić information content (AvgIpc) is 3.10. The number of rotatable bonds is 5. The third kappa shape index (κ3) is 3.35. The number of aryl methyl sites for hydroxylation is 1. The molecule has 2 aromatic heterocycles. The molecule has 0 aliphatic heterocycles. The minimum Gasteiger partial charge on any atom is -0.497 e. The molecule has 0 saturated heterocycles. The second-order valence-corrected chi connectivity index (χ2v) is 7.14.